The van der Waals surface area contributed by atoms with Crippen molar-refractivity contribution in [3.8, 4) is 0 Å². The van der Waals surface area contributed by atoms with E-state index in [2.05, 4.69) is 25.6 Å². The van der Waals surface area contributed by atoms with Gasteiger partial charge in [0, 0.05) is 44.1 Å². The number of carbonyl (C=O) groups is 1. The van der Waals surface area contributed by atoms with E-state index in [1.807, 2.05) is 32.3 Å². The predicted molar refractivity (Wildman–Crippen MR) is 93.2 cm³/mol. The summed E-state index contributed by atoms with van der Waals surface area (Å²) in [6, 6.07) is 3.44. The molecule has 0 saturated carbocycles. The first-order valence-electron chi connectivity index (χ1n) is 7.94. The Kier molecular flexibility index (Phi) is 4.89. The Morgan fingerprint density at radius 1 is 1.50 bits per heavy atom. The maximum absolute atomic E-state index is 12.2. The molecule has 0 aliphatic carbocycles. The number of aryl methyl sites for hydroxylation is 1. The normalized spacial score (nSPS) is 18.5. The predicted octanol–water partition coefficient (Wildman–Crippen LogP) is 2.11. The average Bonchev–Trinajstić information content (AvgIpc) is 3.17. The minimum atomic E-state index is -0.176. The number of carbonyl (C=O) groups excluding carboxylic acids is 1. The highest BCUT2D eigenvalue weighted by atomic mass is 35.5. The highest BCUT2D eigenvalue weighted by molar-refractivity contribution is 6.32. The molecule has 1 saturated heterocycles. The number of hydrogen-bond donors (Lipinski definition) is 2. The van der Waals surface area contributed by atoms with Gasteiger partial charge in [0.25, 0.3) is 0 Å². The van der Waals surface area contributed by atoms with Crippen LogP contribution < -0.4 is 15.5 Å². The van der Waals surface area contributed by atoms with E-state index in [9.17, 15) is 4.79 Å². The van der Waals surface area contributed by atoms with Crippen LogP contribution in [0.1, 0.15) is 24.9 Å². The molecule has 7 nitrogen and oxygen atoms in total. The Morgan fingerprint density at radius 3 is 3.04 bits per heavy atom. The average molecular weight is 349 g/mol. The molecule has 0 spiro atoms. The summed E-state index contributed by atoms with van der Waals surface area (Å²) in [6.45, 7) is 3.45. The van der Waals surface area contributed by atoms with E-state index < -0.39 is 0 Å². The van der Waals surface area contributed by atoms with Crippen LogP contribution in [-0.2, 0) is 7.05 Å². The van der Waals surface area contributed by atoms with Gasteiger partial charge in [-0.15, -0.1) is 0 Å². The number of amides is 2. The fourth-order valence-electron chi connectivity index (χ4n) is 2.85. The quantitative estimate of drug-likeness (QED) is 0.887. The van der Waals surface area contributed by atoms with E-state index in [-0.39, 0.29) is 18.1 Å². The molecular formula is C16H21ClN6O. The monoisotopic (exact) mass is 348 g/mol. The number of anilines is 1. The van der Waals surface area contributed by atoms with Gasteiger partial charge in [-0.3, -0.25) is 4.68 Å². The van der Waals surface area contributed by atoms with Gasteiger partial charge in [0.1, 0.15) is 5.82 Å². The summed E-state index contributed by atoms with van der Waals surface area (Å²) in [5, 5.41) is 10.7. The van der Waals surface area contributed by atoms with Gasteiger partial charge in [-0.25, -0.2) is 9.78 Å². The third kappa shape index (κ3) is 3.79. The van der Waals surface area contributed by atoms with E-state index in [0.29, 0.717) is 11.6 Å². The summed E-state index contributed by atoms with van der Waals surface area (Å²) in [6.07, 6.45) is 6.24. The van der Waals surface area contributed by atoms with Crippen molar-refractivity contribution in [3.63, 3.8) is 0 Å². The molecule has 2 aromatic rings. The second-order valence-corrected chi connectivity index (χ2v) is 6.43. The lowest BCUT2D eigenvalue weighted by atomic mass is 10.2. The molecule has 2 amide bonds. The van der Waals surface area contributed by atoms with Crippen LogP contribution in [-0.4, -0.2) is 39.9 Å². The van der Waals surface area contributed by atoms with Gasteiger partial charge in [-0.2, -0.15) is 5.10 Å². The number of nitrogens with zero attached hydrogens (tertiary/aromatic N) is 4. The lowest BCUT2D eigenvalue weighted by Crippen LogP contribution is -2.44. The fourth-order valence-corrected chi connectivity index (χ4v) is 3.09. The summed E-state index contributed by atoms with van der Waals surface area (Å²) in [5.74, 6) is 0.771. The molecule has 0 bridgehead atoms. The standard InChI is InChI=1S/C16H21ClN6O/c1-11(12-8-19-22(2)9-12)20-16(24)21-13-5-7-23(10-13)15-14(17)4-3-6-18-15/h3-4,6,8-9,11,13H,5,7,10H2,1-2H3,(H2,20,21,24). The van der Waals surface area contributed by atoms with Crippen molar-refractivity contribution < 1.29 is 4.79 Å². The van der Waals surface area contributed by atoms with Gasteiger partial charge in [-0.05, 0) is 25.5 Å². The van der Waals surface area contributed by atoms with Crippen molar-refractivity contribution in [3.05, 3.63) is 41.3 Å². The Balaban J connectivity index is 1.52. The van der Waals surface area contributed by atoms with Gasteiger partial charge >= 0.3 is 6.03 Å². The molecule has 1 fully saturated rings. The number of urea groups is 1. The molecule has 2 N–H and O–H groups in total. The molecule has 3 rings (SSSR count). The summed E-state index contributed by atoms with van der Waals surface area (Å²) in [7, 11) is 1.85. The maximum Gasteiger partial charge on any atom is 0.315 e. The molecule has 1 aliphatic heterocycles. The minimum Gasteiger partial charge on any atom is -0.353 e. The topological polar surface area (TPSA) is 75.1 Å². The molecule has 2 aromatic heterocycles. The molecule has 8 heteroatoms. The highest BCUT2D eigenvalue weighted by Crippen LogP contribution is 2.25. The fraction of sp³-hybridized carbons (Fsp3) is 0.438. The number of rotatable bonds is 4. The van der Waals surface area contributed by atoms with Crippen LogP contribution in [0, 0.1) is 0 Å². The van der Waals surface area contributed by atoms with E-state index in [1.165, 1.54) is 0 Å². The van der Waals surface area contributed by atoms with Crippen LogP contribution in [0.15, 0.2) is 30.7 Å². The molecular weight excluding hydrogens is 328 g/mol. The molecule has 0 radical (unpaired) electrons. The zero-order chi connectivity index (χ0) is 17.1. The Bertz CT molecular complexity index is 718. The molecule has 128 valence electrons. The number of halogens is 1. The maximum atomic E-state index is 12.2. The van der Waals surface area contributed by atoms with Gasteiger partial charge in [0.15, 0.2) is 0 Å². The largest absolute Gasteiger partial charge is 0.353 e. The van der Waals surface area contributed by atoms with Crippen molar-refractivity contribution in [2.45, 2.75) is 25.4 Å². The smallest absolute Gasteiger partial charge is 0.315 e. The first-order chi connectivity index (χ1) is 11.5. The lowest BCUT2D eigenvalue weighted by Gasteiger charge is -2.20. The zero-order valence-electron chi connectivity index (χ0n) is 13.7. The van der Waals surface area contributed by atoms with Crippen molar-refractivity contribution in [2.24, 2.45) is 7.05 Å². The Labute approximate surface area is 146 Å². The summed E-state index contributed by atoms with van der Waals surface area (Å²) < 4.78 is 1.72. The minimum absolute atomic E-state index is 0.0733. The second-order valence-electron chi connectivity index (χ2n) is 6.03. The summed E-state index contributed by atoms with van der Waals surface area (Å²) in [4.78, 5) is 18.6. The third-order valence-corrected chi connectivity index (χ3v) is 4.43. The Morgan fingerprint density at radius 2 is 2.33 bits per heavy atom. The van der Waals surface area contributed by atoms with E-state index >= 15 is 0 Å². The van der Waals surface area contributed by atoms with Crippen LogP contribution in [0.5, 0.6) is 0 Å². The summed E-state index contributed by atoms with van der Waals surface area (Å²) >= 11 is 6.18. The van der Waals surface area contributed by atoms with E-state index in [1.54, 1.807) is 17.1 Å². The first-order valence-corrected chi connectivity index (χ1v) is 8.32. The molecule has 24 heavy (non-hydrogen) atoms. The van der Waals surface area contributed by atoms with Crippen molar-refractivity contribution >= 4 is 23.4 Å². The van der Waals surface area contributed by atoms with Crippen LogP contribution in [0.3, 0.4) is 0 Å². The van der Waals surface area contributed by atoms with Crippen LogP contribution in [0.2, 0.25) is 5.02 Å². The second kappa shape index (κ2) is 7.09. The van der Waals surface area contributed by atoms with Gasteiger partial charge < -0.3 is 15.5 Å². The van der Waals surface area contributed by atoms with Crippen molar-refractivity contribution in [2.75, 3.05) is 18.0 Å². The highest BCUT2D eigenvalue weighted by Gasteiger charge is 2.26. The van der Waals surface area contributed by atoms with Crippen LogP contribution in [0.4, 0.5) is 10.6 Å². The SMILES string of the molecule is CC(NC(=O)NC1CCN(c2ncccc2Cl)C1)c1cnn(C)c1. The van der Waals surface area contributed by atoms with Gasteiger partial charge in [0.05, 0.1) is 17.3 Å². The Hall–Kier alpha value is -2.28. The molecule has 2 unspecified atom stereocenters. The molecule has 1 aliphatic rings. The third-order valence-electron chi connectivity index (χ3n) is 4.13. The number of pyridine rings is 1. The number of aromatic nitrogens is 3. The number of nitrogens with one attached hydrogen (secondary N) is 2. The van der Waals surface area contributed by atoms with Crippen LogP contribution >= 0.6 is 11.6 Å². The van der Waals surface area contributed by atoms with E-state index in [0.717, 1.165) is 24.3 Å². The van der Waals surface area contributed by atoms with Gasteiger partial charge in [-0.1, -0.05) is 11.6 Å². The molecule has 0 aromatic carbocycles. The van der Waals surface area contributed by atoms with Crippen LogP contribution in [0.25, 0.3) is 0 Å². The van der Waals surface area contributed by atoms with Crippen molar-refractivity contribution in [1.29, 1.82) is 0 Å². The summed E-state index contributed by atoms with van der Waals surface area (Å²) in [5.41, 5.74) is 0.973. The van der Waals surface area contributed by atoms with Crippen molar-refractivity contribution in [1.82, 2.24) is 25.4 Å². The molecule has 2 atom stereocenters. The lowest BCUT2D eigenvalue weighted by molar-refractivity contribution is 0.235. The zero-order valence-corrected chi connectivity index (χ0v) is 14.5. The first kappa shape index (κ1) is 16.6. The van der Waals surface area contributed by atoms with Gasteiger partial charge in [0.2, 0.25) is 0 Å². The molecule has 3 heterocycles. The number of hydrogen-bond acceptors (Lipinski definition) is 4. The van der Waals surface area contributed by atoms with E-state index in [4.69, 9.17) is 11.6 Å².